The van der Waals surface area contributed by atoms with E-state index in [0.717, 1.165) is 6.92 Å². The van der Waals surface area contributed by atoms with Crippen LogP contribution < -0.4 is 5.32 Å². The van der Waals surface area contributed by atoms with E-state index in [0.29, 0.717) is 11.1 Å². The van der Waals surface area contributed by atoms with Gasteiger partial charge in [-0.2, -0.15) is 13.2 Å². The first-order valence-corrected chi connectivity index (χ1v) is 13.0. The van der Waals surface area contributed by atoms with Gasteiger partial charge in [0.05, 0.1) is 22.5 Å². The zero-order chi connectivity index (χ0) is 28.5. The van der Waals surface area contributed by atoms with E-state index >= 15 is 0 Å². The summed E-state index contributed by atoms with van der Waals surface area (Å²) in [5.41, 5.74) is 0.836. The molecule has 2 aliphatic carbocycles. The lowest BCUT2D eigenvalue weighted by atomic mass is 9.71. The number of nitrogens with one attached hydrogen (secondary N) is 1. The molecule has 1 saturated carbocycles. The average molecular weight is 562 g/mol. The second-order valence-electron chi connectivity index (χ2n) is 11.2. The molecule has 1 aromatic rings. The van der Waals surface area contributed by atoms with E-state index in [-0.39, 0.29) is 48.7 Å². The van der Waals surface area contributed by atoms with Gasteiger partial charge in [0, 0.05) is 19.3 Å². The minimum absolute atomic E-state index is 0.0779. The van der Waals surface area contributed by atoms with Crippen molar-refractivity contribution in [3.05, 3.63) is 52.6 Å². The van der Waals surface area contributed by atoms with Crippen LogP contribution in [0.4, 0.5) is 27.6 Å². The van der Waals surface area contributed by atoms with Gasteiger partial charge in [0.1, 0.15) is 5.60 Å². The molecule has 4 nitrogen and oxygen atoms in total. The molecule has 0 heterocycles. The van der Waals surface area contributed by atoms with Crippen LogP contribution in [0.5, 0.6) is 0 Å². The third-order valence-electron chi connectivity index (χ3n) is 6.87. The van der Waals surface area contributed by atoms with Gasteiger partial charge >= 0.3 is 12.1 Å². The number of halogens is 6. The Morgan fingerprint density at radius 2 is 1.84 bits per heavy atom. The molecule has 1 fully saturated rings. The maximum absolute atomic E-state index is 13.8. The molecule has 0 saturated heterocycles. The van der Waals surface area contributed by atoms with Gasteiger partial charge in [-0.3, -0.25) is 9.59 Å². The topological polar surface area (TPSA) is 55.4 Å². The second-order valence-corrected chi connectivity index (χ2v) is 11.6. The fraction of sp³-hybridized carbons (Fsp3) is 0.571. The van der Waals surface area contributed by atoms with Crippen molar-refractivity contribution in [2.45, 2.75) is 77.5 Å². The number of aryl methyl sites for hydroxylation is 1. The molecule has 2 aliphatic rings. The lowest BCUT2D eigenvalue weighted by Gasteiger charge is -2.38. The Kier molecular flexibility index (Phi) is 9.01. The van der Waals surface area contributed by atoms with Gasteiger partial charge in [-0.25, -0.2) is 8.78 Å². The van der Waals surface area contributed by atoms with Gasteiger partial charge in [0.2, 0.25) is 11.8 Å². The van der Waals surface area contributed by atoms with E-state index in [1.807, 2.05) is 0 Å². The van der Waals surface area contributed by atoms with Crippen LogP contribution in [-0.2, 0) is 20.7 Å². The molecule has 10 heteroatoms. The van der Waals surface area contributed by atoms with Crippen LogP contribution in [0, 0.1) is 23.7 Å². The number of esters is 1. The zero-order valence-corrected chi connectivity index (χ0v) is 22.6. The SMILES string of the molecule is C[C@H]([C@H](C(=O)Nc1cc(CCC(=O)OC(C)(C)C)ccc1Cl)C1C=CC(C2CC(F)(F)C2)=CC1)C(F)(F)F. The van der Waals surface area contributed by atoms with Crippen LogP contribution >= 0.6 is 11.6 Å². The largest absolute Gasteiger partial charge is 0.460 e. The number of hydrogen-bond acceptors (Lipinski definition) is 3. The van der Waals surface area contributed by atoms with Crippen LogP contribution in [0.1, 0.15) is 58.9 Å². The Morgan fingerprint density at radius 1 is 1.18 bits per heavy atom. The fourth-order valence-corrected chi connectivity index (χ4v) is 4.96. The molecular weight excluding hydrogens is 529 g/mol. The van der Waals surface area contributed by atoms with Crippen molar-refractivity contribution in [2.75, 3.05) is 5.32 Å². The minimum Gasteiger partial charge on any atom is -0.460 e. The van der Waals surface area contributed by atoms with E-state index in [1.54, 1.807) is 39.0 Å². The molecular formula is C28H33ClF5NO3. The first kappa shape index (κ1) is 30.1. The monoisotopic (exact) mass is 561 g/mol. The molecule has 1 unspecified atom stereocenters. The number of ether oxygens (including phenoxy) is 1. The molecule has 3 atom stereocenters. The lowest BCUT2D eigenvalue weighted by Crippen LogP contribution is -2.41. The molecule has 210 valence electrons. The first-order chi connectivity index (χ1) is 17.4. The molecule has 1 aromatic carbocycles. The predicted molar refractivity (Wildman–Crippen MR) is 136 cm³/mol. The Hall–Kier alpha value is -2.42. The third-order valence-corrected chi connectivity index (χ3v) is 7.20. The van der Waals surface area contributed by atoms with Crippen molar-refractivity contribution in [2.24, 2.45) is 23.7 Å². The summed E-state index contributed by atoms with van der Waals surface area (Å²) in [6.07, 6.45) is 0.0754. The van der Waals surface area contributed by atoms with Crippen LogP contribution in [0.15, 0.2) is 42.0 Å². The highest BCUT2D eigenvalue weighted by molar-refractivity contribution is 6.33. The summed E-state index contributed by atoms with van der Waals surface area (Å²) in [6, 6.07) is 4.71. The number of anilines is 1. The van der Waals surface area contributed by atoms with E-state index in [1.165, 1.54) is 18.2 Å². The highest BCUT2D eigenvalue weighted by Gasteiger charge is 2.49. The zero-order valence-electron chi connectivity index (χ0n) is 21.8. The average Bonchev–Trinajstić information content (AvgIpc) is 2.77. The van der Waals surface area contributed by atoms with Gasteiger partial charge in [0.25, 0.3) is 0 Å². The number of allylic oxidation sites excluding steroid dienone is 4. The van der Waals surface area contributed by atoms with Crippen molar-refractivity contribution in [3.8, 4) is 0 Å². The minimum atomic E-state index is -4.63. The van der Waals surface area contributed by atoms with E-state index in [9.17, 15) is 31.5 Å². The lowest BCUT2D eigenvalue weighted by molar-refractivity contribution is -0.188. The first-order valence-electron chi connectivity index (χ1n) is 12.6. The molecule has 0 aromatic heterocycles. The highest BCUT2D eigenvalue weighted by Crippen LogP contribution is 2.48. The fourth-order valence-electron chi connectivity index (χ4n) is 4.79. The molecule has 0 radical (unpaired) electrons. The number of rotatable bonds is 8. The van der Waals surface area contributed by atoms with Gasteiger partial charge in [-0.15, -0.1) is 0 Å². The summed E-state index contributed by atoms with van der Waals surface area (Å²) in [5, 5.41) is 2.70. The van der Waals surface area contributed by atoms with Crippen molar-refractivity contribution in [1.29, 1.82) is 0 Å². The number of carbonyl (C=O) groups excluding carboxylic acids is 2. The maximum atomic E-state index is 13.8. The van der Waals surface area contributed by atoms with Crippen molar-refractivity contribution in [3.63, 3.8) is 0 Å². The van der Waals surface area contributed by atoms with Gasteiger partial charge in [0.15, 0.2) is 0 Å². The highest BCUT2D eigenvalue weighted by atomic mass is 35.5. The maximum Gasteiger partial charge on any atom is 0.392 e. The van der Waals surface area contributed by atoms with Crippen molar-refractivity contribution in [1.82, 2.24) is 0 Å². The normalized spacial score (nSPS) is 21.2. The predicted octanol–water partition coefficient (Wildman–Crippen LogP) is 7.92. The van der Waals surface area contributed by atoms with Gasteiger partial charge in [-0.1, -0.05) is 42.8 Å². The number of benzene rings is 1. The van der Waals surface area contributed by atoms with E-state index < -0.39 is 47.3 Å². The van der Waals surface area contributed by atoms with Crippen molar-refractivity contribution >= 4 is 29.2 Å². The van der Waals surface area contributed by atoms with Crippen LogP contribution in [0.3, 0.4) is 0 Å². The summed E-state index contributed by atoms with van der Waals surface area (Å²) in [7, 11) is 0. The number of alkyl halides is 5. The summed E-state index contributed by atoms with van der Waals surface area (Å²) in [6.45, 7) is 6.22. The van der Waals surface area contributed by atoms with E-state index in [2.05, 4.69) is 5.32 Å². The van der Waals surface area contributed by atoms with Crippen molar-refractivity contribution < 1.29 is 36.3 Å². The molecule has 0 aliphatic heterocycles. The number of amides is 1. The molecule has 1 amide bonds. The molecule has 0 bridgehead atoms. The summed E-state index contributed by atoms with van der Waals surface area (Å²) in [5.74, 6) is -8.48. The summed E-state index contributed by atoms with van der Waals surface area (Å²) >= 11 is 6.24. The Balaban J connectivity index is 1.73. The smallest absolute Gasteiger partial charge is 0.392 e. The Bertz CT molecular complexity index is 1100. The number of hydrogen-bond donors (Lipinski definition) is 1. The molecule has 38 heavy (non-hydrogen) atoms. The third kappa shape index (κ3) is 8.04. The summed E-state index contributed by atoms with van der Waals surface area (Å²) < 4.78 is 73.1. The molecule has 1 N–H and O–H groups in total. The van der Waals surface area contributed by atoms with Crippen LogP contribution in [0.2, 0.25) is 5.02 Å². The van der Waals surface area contributed by atoms with E-state index in [4.69, 9.17) is 16.3 Å². The Morgan fingerprint density at radius 3 is 2.37 bits per heavy atom. The summed E-state index contributed by atoms with van der Waals surface area (Å²) in [4.78, 5) is 25.3. The molecule has 3 rings (SSSR count). The molecule has 0 spiro atoms. The van der Waals surface area contributed by atoms with Crippen LogP contribution in [0.25, 0.3) is 0 Å². The van der Waals surface area contributed by atoms with Gasteiger partial charge in [-0.05, 0) is 68.7 Å². The van der Waals surface area contributed by atoms with Gasteiger partial charge < -0.3 is 10.1 Å². The van der Waals surface area contributed by atoms with Crippen LogP contribution in [-0.4, -0.2) is 29.6 Å². The standard InChI is InChI=1S/C28H33ClF5NO3/c1-16(28(32,33)34)24(19-9-7-18(8-10-19)20-14-27(30,31)15-20)25(37)35-22-13-17(5-11-21(22)29)6-12-23(36)38-26(2,3)4/h5,7-9,11,13,16,19-20,24H,6,10,12,14-15H2,1-4H3,(H,35,37)/t16-,19?,24+/m1/s1. The number of carbonyl (C=O) groups is 2. The quantitative estimate of drug-likeness (QED) is 0.259. The second kappa shape index (κ2) is 11.4. The Labute approximate surface area is 224 Å².